The van der Waals surface area contributed by atoms with E-state index in [0.717, 1.165) is 59.8 Å². The van der Waals surface area contributed by atoms with Gasteiger partial charge in [-0.05, 0) is 80.6 Å². The molecule has 0 bridgehead atoms. The highest BCUT2D eigenvalue weighted by Crippen LogP contribution is 2.39. The third-order valence-electron chi connectivity index (χ3n) is 7.42. The van der Waals surface area contributed by atoms with Crippen LogP contribution in [-0.2, 0) is 12.2 Å². The molecule has 2 aliphatic heterocycles. The van der Waals surface area contributed by atoms with Gasteiger partial charge in [-0.15, -0.1) is 0 Å². The molecule has 0 saturated carbocycles. The van der Waals surface area contributed by atoms with Crippen LogP contribution >= 0.6 is 11.6 Å². The molecule has 2 N–H and O–H groups in total. The first-order chi connectivity index (χ1) is 18.3. The van der Waals surface area contributed by atoms with Crippen LogP contribution in [0.1, 0.15) is 55.5 Å². The van der Waals surface area contributed by atoms with E-state index in [1.807, 2.05) is 62.4 Å². The van der Waals surface area contributed by atoms with Crippen LogP contribution < -0.4 is 9.47 Å². The van der Waals surface area contributed by atoms with E-state index in [-0.39, 0.29) is 6.61 Å². The van der Waals surface area contributed by atoms with E-state index in [4.69, 9.17) is 21.1 Å². The van der Waals surface area contributed by atoms with Crippen molar-refractivity contribution >= 4 is 17.2 Å². The lowest BCUT2D eigenvalue weighted by molar-refractivity contribution is -0.0254. The van der Waals surface area contributed by atoms with Crippen LogP contribution in [0.3, 0.4) is 0 Å². The quantitative estimate of drug-likeness (QED) is 0.412. The summed E-state index contributed by atoms with van der Waals surface area (Å²) in [6, 6.07) is 17.4. The molecule has 2 aromatic carbocycles. The Morgan fingerprint density at radius 3 is 2.61 bits per heavy atom. The van der Waals surface area contributed by atoms with Gasteiger partial charge < -0.3 is 24.6 Å². The van der Waals surface area contributed by atoms with Gasteiger partial charge in [-0.2, -0.15) is 0 Å². The predicted molar refractivity (Wildman–Crippen MR) is 150 cm³/mol. The summed E-state index contributed by atoms with van der Waals surface area (Å²) in [6.45, 7) is 6.58. The lowest BCUT2D eigenvalue weighted by atomic mass is 9.84. The van der Waals surface area contributed by atoms with Crippen molar-refractivity contribution in [3.05, 3.63) is 94.3 Å². The van der Waals surface area contributed by atoms with Crippen LogP contribution in [0.5, 0.6) is 11.5 Å². The molecule has 0 spiro atoms. The molecular formula is C31H35ClN2O4. The number of halogens is 1. The number of hydrogen-bond donors (Lipinski definition) is 2. The van der Waals surface area contributed by atoms with Gasteiger partial charge in [-0.1, -0.05) is 35.9 Å². The zero-order valence-electron chi connectivity index (χ0n) is 22.0. The fourth-order valence-corrected chi connectivity index (χ4v) is 5.28. The van der Waals surface area contributed by atoms with Crippen LogP contribution in [-0.4, -0.2) is 51.9 Å². The summed E-state index contributed by atoms with van der Waals surface area (Å²) < 4.78 is 12.2. The second-order valence-electron chi connectivity index (χ2n) is 10.8. The number of fused-ring (bicyclic) bond motifs is 2. The van der Waals surface area contributed by atoms with Gasteiger partial charge in [0.1, 0.15) is 23.7 Å². The van der Waals surface area contributed by atoms with Crippen LogP contribution in [0.15, 0.2) is 66.9 Å². The molecule has 7 heteroatoms. The minimum Gasteiger partial charge on any atom is -0.487 e. The maximum Gasteiger partial charge on any atom is 0.131 e. The Balaban J connectivity index is 1.34. The first-order valence-corrected chi connectivity index (χ1v) is 13.6. The number of aliphatic hydroxyl groups excluding tert-OH is 1. The Morgan fingerprint density at radius 2 is 1.87 bits per heavy atom. The molecule has 0 unspecified atom stereocenters. The predicted octanol–water partition coefficient (Wildman–Crippen LogP) is 5.58. The van der Waals surface area contributed by atoms with Crippen molar-refractivity contribution in [2.75, 3.05) is 26.2 Å². The first kappa shape index (κ1) is 26.7. The number of benzene rings is 2. The highest BCUT2D eigenvalue weighted by Gasteiger charge is 2.33. The SMILES string of the molecule is CC(C)(CO)Oc1ccc2c(c1)C(=CCCN1CCC(O)(c3ccc(Cl)cc3)CC1)c1cccnc1CO2. The number of aromatic nitrogens is 1. The molecule has 2 aliphatic rings. The number of hydrogen-bond acceptors (Lipinski definition) is 6. The molecular weight excluding hydrogens is 500 g/mol. The number of piperidine rings is 1. The van der Waals surface area contributed by atoms with Crippen molar-refractivity contribution in [1.29, 1.82) is 0 Å². The topological polar surface area (TPSA) is 75.1 Å². The summed E-state index contributed by atoms with van der Waals surface area (Å²) in [5, 5.41) is 21.6. The van der Waals surface area contributed by atoms with Gasteiger partial charge in [-0.25, -0.2) is 0 Å². The van der Waals surface area contributed by atoms with E-state index < -0.39 is 11.2 Å². The van der Waals surface area contributed by atoms with Crippen LogP contribution in [0.4, 0.5) is 0 Å². The first-order valence-electron chi connectivity index (χ1n) is 13.2. The summed E-state index contributed by atoms with van der Waals surface area (Å²) >= 11 is 6.03. The van der Waals surface area contributed by atoms with Crippen molar-refractivity contribution < 1.29 is 19.7 Å². The van der Waals surface area contributed by atoms with Gasteiger partial charge in [0.2, 0.25) is 0 Å². The van der Waals surface area contributed by atoms with E-state index >= 15 is 0 Å². The van der Waals surface area contributed by atoms with Gasteiger partial charge in [0.05, 0.1) is 17.9 Å². The normalized spacial score (nSPS) is 18.3. The molecule has 1 fully saturated rings. The zero-order valence-corrected chi connectivity index (χ0v) is 22.7. The molecule has 3 aromatic rings. The average molecular weight is 535 g/mol. The molecule has 3 heterocycles. The Morgan fingerprint density at radius 1 is 1.11 bits per heavy atom. The summed E-state index contributed by atoms with van der Waals surface area (Å²) in [4.78, 5) is 6.98. The highest BCUT2D eigenvalue weighted by molar-refractivity contribution is 6.30. The van der Waals surface area contributed by atoms with E-state index in [9.17, 15) is 10.2 Å². The smallest absolute Gasteiger partial charge is 0.131 e. The standard InChI is InChI=1S/C31H35ClN2O4/c1-30(2,21-35)38-24-11-12-29-27(19-24)25(26-5-3-15-33-28(26)20-37-29)6-4-16-34-17-13-31(36,14-18-34)22-7-9-23(32)10-8-22/h3,5-12,15,19,35-36H,4,13-14,16-18,20-21H2,1-2H3. The lowest BCUT2D eigenvalue weighted by Gasteiger charge is -2.38. The van der Waals surface area contributed by atoms with Crippen molar-refractivity contribution in [2.45, 2.75) is 50.9 Å². The summed E-state index contributed by atoms with van der Waals surface area (Å²) in [5.41, 5.74) is 3.43. The van der Waals surface area contributed by atoms with Gasteiger partial charge in [0.25, 0.3) is 0 Å². The number of pyridine rings is 1. The molecule has 0 radical (unpaired) electrons. The minimum absolute atomic E-state index is 0.0843. The number of nitrogens with zero attached hydrogens (tertiary/aromatic N) is 2. The summed E-state index contributed by atoms with van der Waals surface area (Å²) in [7, 11) is 0. The minimum atomic E-state index is -0.805. The Kier molecular flexibility index (Phi) is 7.78. The lowest BCUT2D eigenvalue weighted by Crippen LogP contribution is -2.42. The molecule has 0 aliphatic carbocycles. The third-order valence-corrected chi connectivity index (χ3v) is 7.67. The van der Waals surface area contributed by atoms with Gasteiger partial charge in [0, 0.05) is 42.0 Å². The van der Waals surface area contributed by atoms with Crippen LogP contribution in [0.25, 0.3) is 5.57 Å². The Hall–Kier alpha value is -2.90. The van der Waals surface area contributed by atoms with E-state index in [0.29, 0.717) is 30.2 Å². The van der Waals surface area contributed by atoms with Gasteiger partial charge in [0.15, 0.2) is 0 Å². The number of ether oxygens (including phenoxy) is 2. The molecule has 1 saturated heterocycles. The average Bonchev–Trinajstić information content (AvgIpc) is 3.07. The Labute approximate surface area is 229 Å². The molecule has 38 heavy (non-hydrogen) atoms. The maximum absolute atomic E-state index is 11.2. The van der Waals surface area contributed by atoms with E-state index in [1.165, 1.54) is 0 Å². The number of aliphatic hydroxyl groups is 2. The summed E-state index contributed by atoms with van der Waals surface area (Å²) in [5.74, 6) is 1.47. The Bertz CT molecular complexity index is 1300. The van der Waals surface area contributed by atoms with Crippen molar-refractivity contribution in [1.82, 2.24) is 9.88 Å². The van der Waals surface area contributed by atoms with Crippen LogP contribution in [0.2, 0.25) is 5.02 Å². The van der Waals surface area contributed by atoms with Gasteiger partial charge >= 0.3 is 0 Å². The van der Waals surface area contributed by atoms with Gasteiger partial charge in [-0.3, -0.25) is 4.98 Å². The van der Waals surface area contributed by atoms with Crippen LogP contribution in [0, 0.1) is 0 Å². The monoisotopic (exact) mass is 534 g/mol. The molecule has 5 rings (SSSR count). The number of rotatable bonds is 7. The molecule has 200 valence electrons. The van der Waals surface area contributed by atoms with E-state index in [2.05, 4.69) is 22.0 Å². The van der Waals surface area contributed by atoms with Crippen molar-refractivity contribution in [3.8, 4) is 11.5 Å². The summed E-state index contributed by atoms with van der Waals surface area (Å²) in [6.07, 6.45) is 6.28. The fourth-order valence-electron chi connectivity index (χ4n) is 5.16. The zero-order chi connectivity index (χ0) is 26.8. The van der Waals surface area contributed by atoms with Crippen molar-refractivity contribution in [2.24, 2.45) is 0 Å². The molecule has 0 amide bonds. The van der Waals surface area contributed by atoms with Crippen molar-refractivity contribution in [3.63, 3.8) is 0 Å². The molecule has 6 nitrogen and oxygen atoms in total. The third kappa shape index (κ3) is 5.89. The second kappa shape index (κ2) is 11.1. The second-order valence-corrected chi connectivity index (χ2v) is 11.2. The molecule has 1 aromatic heterocycles. The molecule has 0 atom stereocenters. The maximum atomic E-state index is 11.2. The fraction of sp³-hybridized carbons (Fsp3) is 0.387. The number of likely N-dealkylation sites (tertiary alicyclic amines) is 1. The largest absolute Gasteiger partial charge is 0.487 e. The highest BCUT2D eigenvalue weighted by atomic mass is 35.5. The van der Waals surface area contributed by atoms with E-state index in [1.54, 1.807) is 6.20 Å².